The summed E-state index contributed by atoms with van der Waals surface area (Å²) < 4.78 is 7.33. The Bertz CT molecular complexity index is 1640. The van der Waals surface area contributed by atoms with Crippen LogP contribution in [0.4, 0.5) is 0 Å². The Balaban J connectivity index is 1.72. The number of ether oxygens (including phenoxy) is 1. The van der Waals surface area contributed by atoms with Crippen LogP contribution in [0.15, 0.2) is 81.7 Å². The molecule has 6 nitrogen and oxygen atoms in total. The van der Waals surface area contributed by atoms with E-state index in [-0.39, 0.29) is 12.2 Å². The molecule has 1 atom stereocenters. The highest BCUT2D eigenvalue weighted by atomic mass is 35.5. The summed E-state index contributed by atoms with van der Waals surface area (Å²) in [7, 11) is 0. The molecule has 0 unspecified atom stereocenters. The van der Waals surface area contributed by atoms with Crippen LogP contribution in [0.3, 0.4) is 0 Å². The average molecular weight is 490 g/mol. The molecule has 1 aliphatic heterocycles. The average Bonchev–Trinajstić information content (AvgIpc) is 3.13. The summed E-state index contributed by atoms with van der Waals surface area (Å²) in [4.78, 5) is 36.3. The van der Waals surface area contributed by atoms with Crippen molar-refractivity contribution in [3.8, 4) is 0 Å². The third kappa shape index (κ3) is 3.87. The molecule has 1 aliphatic rings. The molecule has 5 rings (SSSR count). The second kappa shape index (κ2) is 9.00. The van der Waals surface area contributed by atoms with Gasteiger partial charge in [0.25, 0.3) is 5.56 Å². The first-order valence-corrected chi connectivity index (χ1v) is 12.0. The molecule has 0 radical (unpaired) electrons. The number of rotatable bonds is 4. The van der Waals surface area contributed by atoms with Gasteiger partial charge in [0, 0.05) is 5.39 Å². The molecule has 2 aromatic heterocycles. The van der Waals surface area contributed by atoms with Crippen LogP contribution in [-0.2, 0) is 9.53 Å². The number of hydrogen-bond acceptors (Lipinski definition) is 6. The van der Waals surface area contributed by atoms with Gasteiger partial charge in [0.15, 0.2) is 4.80 Å². The molecule has 170 valence electrons. The van der Waals surface area contributed by atoms with Crippen molar-refractivity contribution in [1.82, 2.24) is 9.55 Å². The van der Waals surface area contributed by atoms with Gasteiger partial charge in [-0.3, -0.25) is 9.36 Å². The minimum absolute atomic E-state index is 0.232. The number of esters is 1. The highest BCUT2D eigenvalue weighted by Crippen LogP contribution is 2.30. The van der Waals surface area contributed by atoms with Crippen LogP contribution >= 0.6 is 22.9 Å². The molecular weight excluding hydrogens is 470 g/mol. The van der Waals surface area contributed by atoms with Gasteiger partial charge >= 0.3 is 5.97 Å². The lowest BCUT2D eigenvalue weighted by Gasteiger charge is -2.24. The standard InChI is InChI=1S/C26H20ClN3O3S/c1-3-33-25(32)22-15(2)28-26-30(23(22)16-9-5-4-6-10-16)24(31)21(34-26)14-17-13-19(27)18-11-7-8-12-20(18)29-17/h4-14,23H,3H2,1-2H3/b21-14-/t23-/m1/s1. The maximum atomic E-state index is 13.6. The third-order valence-electron chi connectivity index (χ3n) is 5.60. The van der Waals surface area contributed by atoms with Crippen LogP contribution in [0.1, 0.15) is 31.1 Å². The van der Waals surface area contributed by atoms with E-state index in [1.165, 1.54) is 11.3 Å². The lowest BCUT2D eigenvalue weighted by molar-refractivity contribution is -0.139. The topological polar surface area (TPSA) is 73.6 Å². The Morgan fingerprint density at radius 1 is 1.18 bits per heavy atom. The van der Waals surface area contributed by atoms with Gasteiger partial charge in [-0.25, -0.2) is 14.8 Å². The first kappa shape index (κ1) is 22.3. The summed E-state index contributed by atoms with van der Waals surface area (Å²) in [5, 5.41) is 1.41. The highest BCUT2D eigenvalue weighted by molar-refractivity contribution is 7.07. The van der Waals surface area contributed by atoms with Crippen molar-refractivity contribution in [3.63, 3.8) is 0 Å². The number of allylic oxidation sites excluding steroid dienone is 1. The van der Waals surface area contributed by atoms with Gasteiger partial charge in [0.1, 0.15) is 0 Å². The Kier molecular flexibility index (Phi) is 5.89. The molecule has 0 spiro atoms. The largest absolute Gasteiger partial charge is 0.463 e. The Morgan fingerprint density at radius 2 is 1.91 bits per heavy atom. The van der Waals surface area contributed by atoms with E-state index in [1.807, 2.05) is 54.6 Å². The van der Waals surface area contributed by atoms with Gasteiger partial charge in [-0.1, -0.05) is 71.5 Å². The lowest BCUT2D eigenvalue weighted by Crippen LogP contribution is -2.39. The van der Waals surface area contributed by atoms with Crippen LogP contribution in [0.25, 0.3) is 17.0 Å². The van der Waals surface area contributed by atoms with Crippen molar-refractivity contribution in [3.05, 3.63) is 108 Å². The molecule has 2 aromatic carbocycles. The number of fused-ring (bicyclic) bond motifs is 2. The Hall–Kier alpha value is -3.55. The highest BCUT2D eigenvalue weighted by Gasteiger charge is 2.33. The van der Waals surface area contributed by atoms with Gasteiger partial charge in [-0.05, 0) is 37.6 Å². The molecule has 0 aliphatic carbocycles. The SMILES string of the molecule is CCOC(=O)C1=C(C)N=c2s/c(=C\c3cc(Cl)c4ccccc4n3)c(=O)n2[C@@H]1c1ccccc1. The summed E-state index contributed by atoms with van der Waals surface area (Å²) in [6.07, 6.45) is 1.72. The van der Waals surface area contributed by atoms with Crippen LogP contribution in [-0.4, -0.2) is 22.1 Å². The summed E-state index contributed by atoms with van der Waals surface area (Å²) in [5.41, 5.74) is 2.77. The van der Waals surface area contributed by atoms with Crippen molar-refractivity contribution in [2.75, 3.05) is 6.61 Å². The van der Waals surface area contributed by atoms with Crippen LogP contribution < -0.4 is 14.9 Å². The molecule has 4 aromatic rings. The van der Waals surface area contributed by atoms with Crippen molar-refractivity contribution in [2.24, 2.45) is 4.99 Å². The fourth-order valence-electron chi connectivity index (χ4n) is 4.10. The summed E-state index contributed by atoms with van der Waals surface area (Å²) in [6.45, 7) is 3.75. The molecule has 0 bridgehead atoms. The fraction of sp³-hybridized carbons (Fsp3) is 0.154. The second-order valence-corrected chi connectivity index (χ2v) is 9.18. The van der Waals surface area contributed by atoms with E-state index in [4.69, 9.17) is 16.3 Å². The minimum Gasteiger partial charge on any atom is -0.463 e. The number of nitrogens with zero attached hydrogens (tertiary/aromatic N) is 3. The summed E-state index contributed by atoms with van der Waals surface area (Å²) >= 11 is 7.71. The van der Waals surface area contributed by atoms with E-state index >= 15 is 0 Å². The number of hydrogen-bond donors (Lipinski definition) is 0. The quantitative estimate of drug-likeness (QED) is 0.406. The van der Waals surface area contributed by atoms with Crippen molar-refractivity contribution in [1.29, 1.82) is 0 Å². The van der Waals surface area contributed by atoms with Crippen molar-refractivity contribution < 1.29 is 9.53 Å². The number of para-hydroxylation sites is 1. The van der Waals surface area contributed by atoms with E-state index < -0.39 is 12.0 Å². The Labute approximate surface area is 204 Å². The smallest absolute Gasteiger partial charge is 0.338 e. The first-order chi connectivity index (χ1) is 16.5. The zero-order valence-electron chi connectivity index (χ0n) is 18.5. The van der Waals surface area contributed by atoms with Crippen molar-refractivity contribution in [2.45, 2.75) is 19.9 Å². The number of carbonyl (C=O) groups excluding carboxylic acids is 1. The summed E-state index contributed by atoms with van der Waals surface area (Å²) in [6, 6.07) is 18.1. The number of carbonyl (C=O) groups is 1. The lowest BCUT2D eigenvalue weighted by atomic mass is 9.96. The first-order valence-electron chi connectivity index (χ1n) is 10.8. The normalized spacial score (nSPS) is 15.9. The van der Waals surface area contributed by atoms with Gasteiger partial charge in [0.05, 0.1) is 44.7 Å². The molecule has 0 amide bonds. The monoisotopic (exact) mass is 489 g/mol. The van der Waals surface area contributed by atoms with Crippen LogP contribution in [0.5, 0.6) is 0 Å². The predicted octanol–water partition coefficient (Wildman–Crippen LogP) is 4.00. The number of thiazole rings is 1. The molecule has 0 N–H and O–H groups in total. The molecule has 8 heteroatoms. The maximum absolute atomic E-state index is 13.6. The maximum Gasteiger partial charge on any atom is 0.338 e. The van der Waals surface area contributed by atoms with E-state index in [9.17, 15) is 9.59 Å². The van der Waals surface area contributed by atoms with Crippen molar-refractivity contribution >= 4 is 45.9 Å². The molecule has 34 heavy (non-hydrogen) atoms. The minimum atomic E-state index is -0.633. The van der Waals surface area contributed by atoms with Crippen LogP contribution in [0, 0.1) is 0 Å². The zero-order chi connectivity index (χ0) is 23.8. The number of halogens is 1. The van der Waals surface area contributed by atoms with E-state index in [1.54, 1.807) is 30.6 Å². The van der Waals surface area contributed by atoms with Gasteiger partial charge in [0.2, 0.25) is 0 Å². The number of pyridine rings is 1. The van der Waals surface area contributed by atoms with E-state index in [2.05, 4.69) is 9.98 Å². The summed E-state index contributed by atoms with van der Waals surface area (Å²) in [5.74, 6) is -0.477. The second-order valence-electron chi connectivity index (χ2n) is 7.76. The zero-order valence-corrected chi connectivity index (χ0v) is 20.1. The van der Waals surface area contributed by atoms with Gasteiger partial charge in [-0.2, -0.15) is 0 Å². The predicted molar refractivity (Wildman–Crippen MR) is 134 cm³/mol. The molecule has 3 heterocycles. The molecule has 0 saturated carbocycles. The fourth-order valence-corrected chi connectivity index (χ4v) is 5.41. The number of aromatic nitrogens is 2. The van der Waals surface area contributed by atoms with E-state index in [0.29, 0.717) is 31.3 Å². The molecule has 0 saturated heterocycles. The molecule has 0 fully saturated rings. The van der Waals surface area contributed by atoms with E-state index in [0.717, 1.165) is 16.5 Å². The van der Waals surface area contributed by atoms with Gasteiger partial charge in [-0.15, -0.1) is 0 Å². The molecular formula is C26H20ClN3O3S. The Morgan fingerprint density at radius 3 is 2.68 bits per heavy atom. The van der Waals surface area contributed by atoms with Crippen LogP contribution in [0.2, 0.25) is 5.02 Å². The third-order valence-corrected chi connectivity index (χ3v) is 6.89. The van der Waals surface area contributed by atoms with Gasteiger partial charge < -0.3 is 4.74 Å². The number of benzene rings is 2.